The monoisotopic (exact) mass is 205 g/mol. The molecule has 0 saturated carbocycles. The molecule has 0 amide bonds. The lowest BCUT2D eigenvalue weighted by atomic mass is 10.0. The van der Waals surface area contributed by atoms with E-state index in [1.54, 1.807) is 0 Å². The van der Waals surface area contributed by atoms with Crippen LogP contribution in [0.25, 0.3) is 0 Å². The Hall–Kier alpha value is -0.860. The standard InChI is InChI=1S/C13H19NO/c1-13(2,3)14-11-8-9-6-4-5-7-10(9)12(11)15/h4-7,11-12,14-15H,8H2,1-3H3. The van der Waals surface area contributed by atoms with Gasteiger partial charge in [-0.15, -0.1) is 0 Å². The number of rotatable bonds is 1. The van der Waals surface area contributed by atoms with Crippen molar-refractivity contribution >= 4 is 0 Å². The van der Waals surface area contributed by atoms with Gasteiger partial charge in [-0.1, -0.05) is 24.3 Å². The van der Waals surface area contributed by atoms with Crippen molar-refractivity contribution in [1.82, 2.24) is 5.32 Å². The third-order valence-corrected chi connectivity index (χ3v) is 2.81. The third-order valence-electron chi connectivity index (χ3n) is 2.81. The Kier molecular flexibility index (Phi) is 2.57. The summed E-state index contributed by atoms with van der Waals surface area (Å²) in [6, 6.07) is 8.29. The van der Waals surface area contributed by atoms with Gasteiger partial charge in [0.2, 0.25) is 0 Å². The van der Waals surface area contributed by atoms with Crippen LogP contribution in [-0.2, 0) is 6.42 Å². The molecule has 0 spiro atoms. The summed E-state index contributed by atoms with van der Waals surface area (Å²) < 4.78 is 0. The van der Waals surface area contributed by atoms with E-state index in [0.717, 1.165) is 12.0 Å². The number of hydrogen-bond acceptors (Lipinski definition) is 2. The summed E-state index contributed by atoms with van der Waals surface area (Å²) in [5.74, 6) is 0. The van der Waals surface area contributed by atoms with Crippen LogP contribution in [0, 0.1) is 0 Å². The Morgan fingerprint density at radius 3 is 2.53 bits per heavy atom. The maximum Gasteiger partial charge on any atom is 0.0949 e. The van der Waals surface area contributed by atoms with Gasteiger partial charge in [0.1, 0.15) is 0 Å². The van der Waals surface area contributed by atoms with Gasteiger partial charge < -0.3 is 10.4 Å². The lowest BCUT2D eigenvalue weighted by Gasteiger charge is -2.27. The van der Waals surface area contributed by atoms with Gasteiger partial charge in [-0.3, -0.25) is 0 Å². The molecule has 82 valence electrons. The van der Waals surface area contributed by atoms with Crippen LogP contribution < -0.4 is 5.32 Å². The number of nitrogens with one attached hydrogen (secondary N) is 1. The predicted octanol–water partition coefficient (Wildman–Crippen LogP) is 2.03. The quantitative estimate of drug-likeness (QED) is 0.735. The van der Waals surface area contributed by atoms with Crippen LogP contribution in [0.5, 0.6) is 0 Å². The van der Waals surface area contributed by atoms with Crippen molar-refractivity contribution < 1.29 is 5.11 Å². The van der Waals surface area contributed by atoms with E-state index in [1.165, 1.54) is 5.56 Å². The zero-order valence-corrected chi connectivity index (χ0v) is 9.62. The Bertz CT molecular complexity index is 354. The van der Waals surface area contributed by atoms with Gasteiger partial charge in [0, 0.05) is 11.6 Å². The molecule has 1 aliphatic carbocycles. The number of hydrogen-bond donors (Lipinski definition) is 2. The molecular formula is C13H19NO. The lowest BCUT2D eigenvalue weighted by Crippen LogP contribution is -2.45. The molecule has 0 bridgehead atoms. The van der Waals surface area contributed by atoms with Crippen LogP contribution in [0.3, 0.4) is 0 Å². The molecule has 2 atom stereocenters. The zero-order chi connectivity index (χ0) is 11.1. The Morgan fingerprint density at radius 1 is 1.27 bits per heavy atom. The first-order valence-corrected chi connectivity index (χ1v) is 5.51. The summed E-state index contributed by atoms with van der Waals surface area (Å²) >= 11 is 0. The molecular weight excluding hydrogens is 186 g/mol. The molecule has 2 N–H and O–H groups in total. The van der Waals surface area contributed by atoms with Crippen molar-refractivity contribution in [2.75, 3.05) is 0 Å². The molecule has 1 aromatic rings. The van der Waals surface area contributed by atoms with E-state index in [0.29, 0.717) is 0 Å². The maximum atomic E-state index is 10.1. The molecule has 2 heteroatoms. The van der Waals surface area contributed by atoms with Crippen LogP contribution in [0.2, 0.25) is 0 Å². The highest BCUT2D eigenvalue weighted by Crippen LogP contribution is 2.31. The van der Waals surface area contributed by atoms with E-state index in [9.17, 15) is 5.11 Å². The smallest absolute Gasteiger partial charge is 0.0949 e. The highest BCUT2D eigenvalue weighted by atomic mass is 16.3. The van der Waals surface area contributed by atoms with Crippen LogP contribution in [-0.4, -0.2) is 16.7 Å². The minimum atomic E-state index is -0.361. The summed E-state index contributed by atoms with van der Waals surface area (Å²) in [5, 5.41) is 13.6. The van der Waals surface area contributed by atoms with E-state index in [4.69, 9.17) is 0 Å². The van der Waals surface area contributed by atoms with Crippen molar-refractivity contribution in [3.63, 3.8) is 0 Å². The average molecular weight is 205 g/mol. The molecule has 1 aromatic carbocycles. The normalized spacial score (nSPS) is 25.3. The first kappa shape index (κ1) is 10.7. The molecule has 2 nitrogen and oxygen atoms in total. The minimum absolute atomic E-state index is 0.0493. The fourth-order valence-electron chi connectivity index (χ4n) is 2.26. The van der Waals surface area contributed by atoms with Crippen molar-refractivity contribution in [3.8, 4) is 0 Å². The van der Waals surface area contributed by atoms with Crippen molar-refractivity contribution in [2.24, 2.45) is 0 Å². The fraction of sp³-hybridized carbons (Fsp3) is 0.538. The van der Waals surface area contributed by atoms with Gasteiger partial charge >= 0.3 is 0 Å². The Balaban J connectivity index is 2.17. The first-order valence-electron chi connectivity index (χ1n) is 5.51. The summed E-state index contributed by atoms with van der Waals surface area (Å²) in [7, 11) is 0. The Morgan fingerprint density at radius 2 is 1.93 bits per heavy atom. The zero-order valence-electron chi connectivity index (χ0n) is 9.62. The highest BCUT2D eigenvalue weighted by Gasteiger charge is 2.32. The maximum absolute atomic E-state index is 10.1. The van der Waals surface area contributed by atoms with Gasteiger partial charge in [-0.25, -0.2) is 0 Å². The first-order chi connectivity index (χ1) is 6.97. The number of aliphatic hydroxyl groups is 1. The topological polar surface area (TPSA) is 32.3 Å². The second-order valence-electron chi connectivity index (χ2n) is 5.35. The predicted molar refractivity (Wildman–Crippen MR) is 61.8 cm³/mol. The van der Waals surface area contributed by atoms with Crippen LogP contribution in [0.1, 0.15) is 38.0 Å². The summed E-state index contributed by atoms with van der Waals surface area (Å²) in [5.41, 5.74) is 2.40. The number of benzene rings is 1. The van der Waals surface area contributed by atoms with E-state index in [-0.39, 0.29) is 17.7 Å². The van der Waals surface area contributed by atoms with E-state index in [2.05, 4.69) is 32.2 Å². The molecule has 0 aliphatic heterocycles. The third kappa shape index (κ3) is 2.21. The van der Waals surface area contributed by atoms with Crippen molar-refractivity contribution in [2.45, 2.75) is 44.9 Å². The highest BCUT2D eigenvalue weighted by molar-refractivity contribution is 5.35. The average Bonchev–Trinajstić information content (AvgIpc) is 2.42. The number of fused-ring (bicyclic) bond motifs is 1. The lowest BCUT2D eigenvalue weighted by molar-refractivity contribution is 0.126. The van der Waals surface area contributed by atoms with E-state index < -0.39 is 0 Å². The molecule has 0 fully saturated rings. The number of aliphatic hydroxyl groups excluding tert-OH is 1. The summed E-state index contributed by atoms with van der Waals surface area (Å²) in [6.45, 7) is 6.38. The second kappa shape index (κ2) is 3.62. The largest absolute Gasteiger partial charge is 0.387 e. The van der Waals surface area contributed by atoms with E-state index >= 15 is 0 Å². The molecule has 2 rings (SSSR count). The molecule has 2 unspecified atom stereocenters. The SMILES string of the molecule is CC(C)(C)NC1Cc2ccccc2C1O. The van der Waals surface area contributed by atoms with Crippen LogP contribution >= 0.6 is 0 Å². The molecule has 0 heterocycles. The van der Waals surface area contributed by atoms with E-state index in [1.807, 2.05) is 18.2 Å². The van der Waals surface area contributed by atoms with Gasteiger partial charge in [0.25, 0.3) is 0 Å². The minimum Gasteiger partial charge on any atom is -0.387 e. The Labute approximate surface area is 91.3 Å². The van der Waals surface area contributed by atoms with Gasteiger partial charge in [-0.2, -0.15) is 0 Å². The summed E-state index contributed by atoms with van der Waals surface area (Å²) in [6.07, 6.45) is 0.564. The molecule has 1 aliphatic rings. The molecule has 15 heavy (non-hydrogen) atoms. The van der Waals surface area contributed by atoms with Gasteiger partial charge in [0.15, 0.2) is 0 Å². The van der Waals surface area contributed by atoms with Crippen molar-refractivity contribution in [3.05, 3.63) is 35.4 Å². The van der Waals surface area contributed by atoms with Gasteiger partial charge in [-0.05, 0) is 38.3 Å². The van der Waals surface area contributed by atoms with Gasteiger partial charge in [0.05, 0.1) is 6.10 Å². The van der Waals surface area contributed by atoms with Crippen LogP contribution in [0.4, 0.5) is 0 Å². The van der Waals surface area contributed by atoms with Crippen LogP contribution in [0.15, 0.2) is 24.3 Å². The molecule has 0 saturated heterocycles. The summed E-state index contributed by atoms with van der Waals surface area (Å²) in [4.78, 5) is 0. The molecule has 0 radical (unpaired) electrons. The fourth-order valence-corrected chi connectivity index (χ4v) is 2.26. The van der Waals surface area contributed by atoms with Crippen molar-refractivity contribution in [1.29, 1.82) is 0 Å². The second-order valence-corrected chi connectivity index (χ2v) is 5.35. The molecule has 0 aromatic heterocycles.